The van der Waals surface area contributed by atoms with Crippen molar-refractivity contribution < 1.29 is 22.9 Å². The second kappa shape index (κ2) is 10.7. The standard InChI is InChI=1S/C23H28FN5O4S/c1-14-10-17(29-34(4,5)31)12-19-21(14)22(27-13-26-19)28-18-7-6-16(24)11-20(18)33-15(2)23(30)25-8-9-32-3/h6-7,10-13,15H,8-9H2,1-5H3,(H,25,30)(H,26,27,28)/t15-/m1/s1. The first-order valence-corrected chi connectivity index (χ1v) is 12.8. The molecule has 0 aliphatic heterocycles. The first-order chi connectivity index (χ1) is 16.1. The lowest BCUT2D eigenvalue weighted by atomic mass is 10.1. The van der Waals surface area contributed by atoms with Gasteiger partial charge in [0.25, 0.3) is 5.91 Å². The molecule has 1 heterocycles. The number of fused-ring (bicyclic) bond motifs is 1. The molecule has 0 fully saturated rings. The van der Waals surface area contributed by atoms with Gasteiger partial charge in [-0.1, -0.05) is 0 Å². The minimum Gasteiger partial charge on any atom is -0.479 e. The summed E-state index contributed by atoms with van der Waals surface area (Å²) in [6, 6.07) is 7.53. The smallest absolute Gasteiger partial charge is 0.260 e. The highest BCUT2D eigenvalue weighted by atomic mass is 32.2. The summed E-state index contributed by atoms with van der Waals surface area (Å²) in [6.07, 6.45) is 3.65. The molecule has 1 atom stereocenters. The molecule has 0 aliphatic rings. The van der Waals surface area contributed by atoms with Crippen LogP contribution >= 0.6 is 0 Å². The Balaban J connectivity index is 1.93. The van der Waals surface area contributed by atoms with Crippen LogP contribution in [0, 0.1) is 12.7 Å². The van der Waals surface area contributed by atoms with E-state index in [2.05, 4.69) is 25.0 Å². The van der Waals surface area contributed by atoms with Crippen molar-refractivity contribution in [3.8, 4) is 5.75 Å². The van der Waals surface area contributed by atoms with Crippen LogP contribution in [0.15, 0.2) is 41.0 Å². The van der Waals surface area contributed by atoms with Gasteiger partial charge < -0.3 is 20.1 Å². The lowest BCUT2D eigenvalue weighted by Crippen LogP contribution is -2.38. The lowest BCUT2D eigenvalue weighted by molar-refractivity contribution is -0.127. The fraction of sp³-hybridized carbons (Fsp3) is 0.348. The van der Waals surface area contributed by atoms with Gasteiger partial charge in [-0.05, 0) is 43.7 Å². The highest BCUT2D eigenvalue weighted by Gasteiger charge is 2.18. The van der Waals surface area contributed by atoms with Gasteiger partial charge in [-0.2, -0.15) is 4.36 Å². The minimum atomic E-state index is -2.33. The van der Waals surface area contributed by atoms with Crippen molar-refractivity contribution >= 4 is 43.7 Å². The van der Waals surface area contributed by atoms with E-state index in [0.29, 0.717) is 35.9 Å². The van der Waals surface area contributed by atoms with Gasteiger partial charge in [0.15, 0.2) is 6.10 Å². The number of methoxy groups -OCH3 is 1. The summed E-state index contributed by atoms with van der Waals surface area (Å²) in [5, 5.41) is 6.58. The number of rotatable bonds is 9. The molecule has 0 aliphatic carbocycles. The fourth-order valence-electron chi connectivity index (χ4n) is 3.26. The van der Waals surface area contributed by atoms with Gasteiger partial charge in [0.1, 0.15) is 23.7 Å². The second-order valence-electron chi connectivity index (χ2n) is 7.96. The number of ether oxygens (including phenoxy) is 2. The summed E-state index contributed by atoms with van der Waals surface area (Å²) >= 11 is 0. The molecule has 34 heavy (non-hydrogen) atoms. The molecule has 182 valence electrons. The van der Waals surface area contributed by atoms with Gasteiger partial charge in [-0.15, -0.1) is 0 Å². The van der Waals surface area contributed by atoms with Gasteiger partial charge in [0, 0.05) is 47.3 Å². The van der Waals surface area contributed by atoms with Crippen molar-refractivity contribution in [1.82, 2.24) is 15.3 Å². The minimum absolute atomic E-state index is 0.155. The van der Waals surface area contributed by atoms with Crippen LogP contribution in [-0.4, -0.2) is 59.0 Å². The van der Waals surface area contributed by atoms with Crippen molar-refractivity contribution in [3.63, 3.8) is 0 Å². The van der Waals surface area contributed by atoms with E-state index >= 15 is 0 Å². The number of hydrogen-bond donors (Lipinski definition) is 2. The molecule has 0 spiro atoms. The quantitative estimate of drug-likeness (QED) is 0.440. The van der Waals surface area contributed by atoms with Gasteiger partial charge in [0.2, 0.25) is 0 Å². The van der Waals surface area contributed by atoms with Gasteiger partial charge in [-0.25, -0.2) is 18.6 Å². The van der Waals surface area contributed by atoms with Gasteiger partial charge in [0.05, 0.1) is 23.5 Å². The Labute approximate surface area is 198 Å². The molecule has 0 radical (unpaired) electrons. The number of carbonyl (C=O) groups excluding carboxylic acids is 1. The van der Waals surface area contributed by atoms with E-state index in [0.717, 1.165) is 10.9 Å². The van der Waals surface area contributed by atoms with Crippen LogP contribution in [0.3, 0.4) is 0 Å². The Hall–Kier alpha value is -3.31. The number of halogens is 1. The van der Waals surface area contributed by atoms with E-state index in [9.17, 15) is 13.4 Å². The van der Waals surface area contributed by atoms with Crippen molar-refractivity contribution in [2.24, 2.45) is 4.36 Å². The summed E-state index contributed by atoms with van der Waals surface area (Å²) in [4.78, 5) is 20.9. The molecule has 3 rings (SSSR count). The van der Waals surface area contributed by atoms with Crippen LogP contribution in [0.5, 0.6) is 5.75 Å². The molecule has 9 nitrogen and oxygen atoms in total. The van der Waals surface area contributed by atoms with Crippen LogP contribution < -0.4 is 15.4 Å². The number of carbonyl (C=O) groups is 1. The predicted molar refractivity (Wildman–Crippen MR) is 131 cm³/mol. The normalized spacial score (nSPS) is 12.3. The van der Waals surface area contributed by atoms with Crippen LogP contribution in [0.1, 0.15) is 12.5 Å². The molecule has 2 N–H and O–H groups in total. The van der Waals surface area contributed by atoms with E-state index in [-0.39, 0.29) is 11.7 Å². The molecule has 1 amide bonds. The average molecular weight is 490 g/mol. The predicted octanol–water partition coefficient (Wildman–Crippen LogP) is 3.71. The summed E-state index contributed by atoms with van der Waals surface area (Å²) in [6.45, 7) is 4.15. The first kappa shape index (κ1) is 25.3. The largest absolute Gasteiger partial charge is 0.479 e. The van der Waals surface area contributed by atoms with Gasteiger partial charge in [-0.3, -0.25) is 4.79 Å². The van der Waals surface area contributed by atoms with Gasteiger partial charge >= 0.3 is 0 Å². The van der Waals surface area contributed by atoms with Crippen molar-refractivity contribution in [2.75, 3.05) is 38.1 Å². The number of amides is 1. The summed E-state index contributed by atoms with van der Waals surface area (Å²) < 4.78 is 41.0. The topological polar surface area (TPSA) is 115 Å². The third kappa shape index (κ3) is 6.61. The van der Waals surface area contributed by atoms with Crippen LogP contribution in [-0.2, 0) is 19.3 Å². The summed E-state index contributed by atoms with van der Waals surface area (Å²) in [7, 11) is -0.795. The third-order valence-corrected chi connectivity index (χ3v) is 5.37. The van der Waals surface area contributed by atoms with Crippen molar-refractivity contribution in [3.05, 3.63) is 48.0 Å². The average Bonchev–Trinajstić information content (AvgIpc) is 2.74. The van der Waals surface area contributed by atoms with E-state index in [1.165, 1.54) is 31.6 Å². The Morgan fingerprint density at radius 3 is 2.71 bits per heavy atom. The van der Waals surface area contributed by atoms with Crippen LogP contribution in [0.4, 0.5) is 21.6 Å². The maximum Gasteiger partial charge on any atom is 0.260 e. The molecular formula is C23H28FN5O4S. The molecule has 0 unspecified atom stereocenters. The van der Waals surface area contributed by atoms with Crippen molar-refractivity contribution in [1.29, 1.82) is 0 Å². The fourth-order valence-corrected chi connectivity index (χ4v) is 3.88. The molecular weight excluding hydrogens is 461 g/mol. The maximum atomic E-state index is 14.0. The number of hydrogen-bond acceptors (Lipinski definition) is 8. The summed E-state index contributed by atoms with van der Waals surface area (Å²) in [5.41, 5.74) is 2.41. The highest BCUT2D eigenvalue weighted by Crippen LogP contribution is 2.34. The molecule has 0 saturated heterocycles. The van der Waals surface area contributed by atoms with Crippen LogP contribution in [0.2, 0.25) is 0 Å². The molecule has 0 bridgehead atoms. The summed E-state index contributed by atoms with van der Waals surface area (Å²) in [5.74, 6) is -0.237. The SMILES string of the molecule is COCCNC(=O)[C@@H](C)Oc1cc(F)ccc1Nc1ncnc2cc(N=S(C)(C)=O)cc(C)c12. The third-order valence-electron chi connectivity index (χ3n) is 4.72. The Kier molecular flexibility index (Phi) is 8.00. The number of anilines is 2. The van der Waals surface area contributed by atoms with Crippen LogP contribution in [0.25, 0.3) is 10.9 Å². The Morgan fingerprint density at radius 1 is 1.24 bits per heavy atom. The zero-order chi connectivity index (χ0) is 24.9. The number of aromatic nitrogens is 2. The number of nitrogens with zero attached hydrogens (tertiary/aromatic N) is 3. The van der Waals surface area contributed by atoms with E-state index < -0.39 is 21.7 Å². The zero-order valence-electron chi connectivity index (χ0n) is 19.7. The number of benzene rings is 2. The molecule has 2 aromatic carbocycles. The zero-order valence-corrected chi connectivity index (χ0v) is 20.5. The molecule has 11 heteroatoms. The van der Waals surface area contributed by atoms with E-state index in [4.69, 9.17) is 9.47 Å². The first-order valence-electron chi connectivity index (χ1n) is 10.5. The molecule has 1 aromatic heterocycles. The monoisotopic (exact) mass is 489 g/mol. The lowest BCUT2D eigenvalue weighted by Gasteiger charge is -2.18. The van der Waals surface area contributed by atoms with E-state index in [1.807, 2.05) is 6.92 Å². The second-order valence-corrected chi connectivity index (χ2v) is 10.5. The molecule has 0 saturated carbocycles. The number of nitrogens with one attached hydrogen (secondary N) is 2. The molecule has 3 aromatic rings. The Bertz CT molecular complexity index is 1320. The van der Waals surface area contributed by atoms with E-state index in [1.54, 1.807) is 31.6 Å². The van der Waals surface area contributed by atoms with Crippen molar-refractivity contribution in [2.45, 2.75) is 20.0 Å². The number of aryl methyl sites for hydroxylation is 1. The Morgan fingerprint density at radius 2 is 2.00 bits per heavy atom. The highest BCUT2D eigenvalue weighted by molar-refractivity contribution is 7.92. The maximum absolute atomic E-state index is 14.0.